The Morgan fingerprint density at radius 1 is 1.29 bits per heavy atom. The highest BCUT2D eigenvalue weighted by molar-refractivity contribution is 8.00. The van der Waals surface area contributed by atoms with Crippen LogP contribution < -0.4 is 5.32 Å². The lowest BCUT2D eigenvalue weighted by Gasteiger charge is -2.37. The van der Waals surface area contributed by atoms with Gasteiger partial charge >= 0.3 is 0 Å². The maximum absolute atomic E-state index is 9.32. The molecule has 2 aliphatic rings. The fourth-order valence-electron chi connectivity index (χ4n) is 2.81. The van der Waals surface area contributed by atoms with Crippen molar-refractivity contribution in [1.29, 1.82) is 5.26 Å². The summed E-state index contributed by atoms with van der Waals surface area (Å²) in [5.41, 5.74) is -0.263. The van der Waals surface area contributed by atoms with Crippen molar-refractivity contribution in [2.45, 2.75) is 54.6 Å². The second-order valence-electron chi connectivity index (χ2n) is 5.11. The Hall–Kier alpha value is -0.240. The van der Waals surface area contributed by atoms with Crippen LogP contribution in [0.5, 0.6) is 0 Å². The molecule has 2 atom stereocenters. The second kappa shape index (κ2) is 6.08. The Bertz CT molecular complexity index is 286. The Labute approximate surface area is 108 Å². The summed E-state index contributed by atoms with van der Waals surface area (Å²) in [6, 6.07) is 2.49. The first-order chi connectivity index (χ1) is 8.28. The van der Waals surface area contributed by atoms with Crippen LogP contribution in [-0.4, -0.2) is 36.3 Å². The predicted molar refractivity (Wildman–Crippen MR) is 71.1 cm³/mol. The molecule has 0 aromatic heterocycles. The van der Waals surface area contributed by atoms with E-state index in [2.05, 4.69) is 23.1 Å². The highest BCUT2D eigenvalue weighted by Gasteiger charge is 2.36. The lowest BCUT2D eigenvalue weighted by atomic mass is 9.83. The van der Waals surface area contributed by atoms with Crippen molar-refractivity contribution in [1.82, 2.24) is 5.32 Å². The molecule has 0 aromatic rings. The lowest BCUT2D eigenvalue weighted by Crippen LogP contribution is -2.46. The van der Waals surface area contributed by atoms with E-state index >= 15 is 0 Å². The quantitative estimate of drug-likeness (QED) is 0.839. The molecule has 1 aliphatic carbocycles. The molecule has 1 heterocycles. The van der Waals surface area contributed by atoms with Crippen LogP contribution in [0.15, 0.2) is 0 Å². The van der Waals surface area contributed by atoms with Crippen LogP contribution in [0.4, 0.5) is 0 Å². The minimum absolute atomic E-state index is 0.263. The van der Waals surface area contributed by atoms with Crippen LogP contribution in [0, 0.1) is 11.3 Å². The number of hydrogen-bond donors (Lipinski definition) is 1. The van der Waals surface area contributed by atoms with E-state index in [1.54, 1.807) is 0 Å². The Morgan fingerprint density at radius 2 is 2.06 bits per heavy atom. The van der Waals surface area contributed by atoms with Crippen LogP contribution in [0.2, 0.25) is 0 Å². The lowest BCUT2D eigenvalue weighted by molar-refractivity contribution is 0.0998. The molecule has 2 rings (SSSR count). The van der Waals surface area contributed by atoms with Gasteiger partial charge in [0.05, 0.1) is 6.07 Å². The molecule has 17 heavy (non-hydrogen) atoms. The molecule has 2 fully saturated rings. The Balaban J connectivity index is 1.86. The normalized spacial score (nSPS) is 35.4. The van der Waals surface area contributed by atoms with Gasteiger partial charge in [0.25, 0.3) is 0 Å². The molecule has 0 aromatic carbocycles. The Morgan fingerprint density at radius 3 is 2.71 bits per heavy atom. The molecule has 4 heteroatoms. The van der Waals surface area contributed by atoms with Crippen molar-refractivity contribution in [3.63, 3.8) is 0 Å². The van der Waals surface area contributed by atoms with E-state index in [0.29, 0.717) is 5.25 Å². The standard InChI is InChI=1S/C13H22N2OS/c1-15-13(10-14)6-2-3-12(9-13)17-11-4-7-16-8-5-11/h11-12,15H,2-9H2,1H3. The molecule has 0 spiro atoms. The number of ether oxygens (including phenoxy) is 1. The number of nitriles is 1. The van der Waals surface area contributed by atoms with E-state index in [1.165, 1.54) is 25.7 Å². The first-order valence-electron chi connectivity index (χ1n) is 6.61. The molecule has 1 saturated heterocycles. The molecule has 0 amide bonds. The van der Waals surface area contributed by atoms with E-state index in [0.717, 1.165) is 31.3 Å². The molecule has 1 N–H and O–H groups in total. The van der Waals surface area contributed by atoms with Gasteiger partial charge in [-0.15, -0.1) is 0 Å². The van der Waals surface area contributed by atoms with Crippen molar-refractivity contribution >= 4 is 11.8 Å². The maximum atomic E-state index is 9.32. The van der Waals surface area contributed by atoms with E-state index in [1.807, 2.05) is 7.05 Å². The fourth-order valence-corrected chi connectivity index (χ4v) is 4.50. The van der Waals surface area contributed by atoms with Crippen LogP contribution in [0.25, 0.3) is 0 Å². The smallest absolute Gasteiger partial charge is 0.107 e. The van der Waals surface area contributed by atoms with Gasteiger partial charge in [0.2, 0.25) is 0 Å². The minimum Gasteiger partial charge on any atom is -0.381 e. The third kappa shape index (κ3) is 3.37. The van der Waals surface area contributed by atoms with Gasteiger partial charge in [-0.1, -0.05) is 0 Å². The minimum atomic E-state index is -0.263. The van der Waals surface area contributed by atoms with Crippen LogP contribution in [0.3, 0.4) is 0 Å². The SMILES string of the molecule is CNC1(C#N)CCCC(SC2CCOCC2)C1. The summed E-state index contributed by atoms with van der Waals surface area (Å²) in [5.74, 6) is 0. The largest absolute Gasteiger partial charge is 0.381 e. The van der Waals surface area contributed by atoms with Crippen molar-refractivity contribution < 1.29 is 4.74 Å². The fraction of sp³-hybridized carbons (Fsp3) is 0.923. The molecule has 0 radical (unpaired) electrons. The zero-order chi connectivity index (χ0) is 12.1. The summed E-state index contributed by atoms with van der Waals surface area (Å²) in [6.07, 6.45) is 6.82. The van der Waals surface area contributed by atoms with Crippen molar-refractivity contribution in [3.05, 3.63) is 0 Å². The maximum Gasteiger partial charge on any atom is 0.107 e. The average Bonchev–Trinajstić information content (AvgIpc) is 2.40. The first-order valence-corrected chi connectivity index (χ1v) is 7.56. The van der Waals surface area contributed by atoms with E-state index < -0.39 is 0 Å². The van der Waals surface area contributed by atoms with Gasteiger partial charge in [-0.25, -0.2) is 0 Å². The molecule has 1 saturated carbocycles. The molecular weight excluding hydrogens is 232 g/mol. The first kappa shape index (κ1) is 13.2. The van der Waals surface area contributed by atoms with Gasteiger partial charge in [0.1, 0.15) is 5.54 Å². The molecule has 0 bridgehead atoms. The summed E-state index contributed by atoms with van der Waals surface area (Å²) < 4.78 is 5.39. The highest BCUT2D eigenvalue weighted by atomic mass is 32.2. The van der Waals surface area contributed by atoms with Gasteiger partial charge in [0.15, 0.2) is 0 Å². The third-order valence-electron chi connectivity index (χ3n) is 3.95. The monoisotopic (exact) mass is 254 g/mol. The molecule has 96 valence electrons. The number of rotatable bonds is 3. The van der Waals surface area contributed by atoms with Crippen LogP contribution in [-0.2, 0) is 4.74 Å². The molecule has 3 nitrogen and oxygen atoms in total. The summed E-state index contributed by atoms with van der Waals surface area (Å²) in [5, 5.41) is 14.0. The predicted octanol–water partition coefficient (Wildman–Crippen LogP) is 2.32. The molecule has 2 unspecified atom stereocenters. The van der Waals surface area contributed by atoms with Crippen molar-refractivity contribution in [2.75, 3.05) is 20.3 Å². The molecule has 1 aliphatic heterocycles. The zero-order valence-electron chi connectivity index (χ0n) is 10.6. The zero-order valence-corrected chi connectivity index (χ0v) is 11.4. The van der Waals surface area contributed by atoms with Gasteiger partial charge < -0.3 is 10.1 Å². The topological polar surface area (TPSA) is 45.0 Å². The van der Waals surface area contributed by atoms with E-state index in [9.17, 15) is 5.26 Å². The van der Waals surface area contributed by atoms with E-state index in [-0.39, 0.29) is 5.54 Å². The highest BCUT2D eigenvalue weighted by Crippen LogP contribution is 2.38. The number of thioether (sulfide) groups is 1. The Kier molecular flexibility index (Phi) is 4.72. The summed E-state index contributed by atoms with van der Waals surface area (Å²) in [6.45, 7) is 1.83. The van der Waals surface area contributed by atoms with Crippen LogP contribution in [0.1, 0.15) is 38.5 Å². The number of nitrogens with zero attached hydrogens (tertiary/aromatic N) is 1. The third-order valence-corrected chi connectivity index (χ3v) is 5.60. The average molecular weight is 254 g/mol. The molecular formula is C13H22N2OS. The van der Waals surface area contributed by atoms with Gasteiger partial charge in [-0.2, -0.15) is 17.0 Å². The van der Waals surface area contributed by atoms with E-state index in [4.69, 9.17) is 4.74 Å². The van der Waals surface area contributed by atoms with Crippen molar-refractivity contribution in [3.8, 4) is 6.07 Å². The van der Waals surface area contributed by atoms with Gasteiger partial charge in [-0.05, 0) is 45.6 Å². The summed E-state index contributed by atoms with van der Waals surface area (Å²) in [7, 11) is 1.92. The second-order valence-corrected chi connectivity index (χ2v) is 6.72. The summed E-state index contributed by atoms with van der Waals surface area (Å²) in [4.78, 5) is 0. The summed E-state index contributed by atoms with van der Waals surface area (Å²) >= 11 is 2.10. The van der Waals surface area contributed by atoms with Gasteiger partial charge in [-0.3, -0.25) is 0 Å². The number of hydrogen-bond acceptors (Lipinski definition) is 4. The number of nitrogens with one attached hydrogen (secondary N) is 1. The van der Waals surface area contributed by atoms with Crippen LogP contribution >= 0.6 is 11.8 Å². The van der Waals surface area contributed by atoms with Crippen molar-refractivity contribution in [2.24, 2.45) is 0 Å². The van der Waals surface area contributed by atoms with Gasteiger partial charge in [0, 0.05) is 23.7 Å².